The molecular weight excluding hydrogens is 192 g/mol. The van der Waals surface area contributed by atoms with Crippen molar-refractivity contribution in [1.82, 2.24) is 0 Å². The van der Waals surface area contributed by atoms with Gasteiger partial charge in [-0.25, -0.2) is 0 Å². The smallest absolute Gasteiger partial charge is 0.142 e. The molecule has 0 fully saturated rings. The van der Waals surface area contributed by atoms with E-state index in [9.17, 15) is 0 Å². The number of rotatable bonds is 2. The third kappa shape index (κ3) is 1.91. The monoisotopic (exact) mass is 208 g/mol. The van der Waals surface area contributed by atoms with E-state index in [4.69, 9.17) is 15.6 Å². The summed E-state index contributed by atoms with van der Waals surface area (Å²) >= 11 is 0. The third-order valence-electron chi connectivity index (χ3n) is 2.70. The van der Waals surface area contributed by atoms with Gasteiger partial charge in [-0.05, 0) is 17.7 Å². The van der Waals surface area contributed by atoms with Crippen molar-refractivity contribution in [3.63, 3.8) is 0 Å². The topological polar surface area (TPSA) is 58.7 Å². The molecule has 2 rings (SSSR count). The fraction of sp³-hybridized carbons (Fsp3) is 0.455. The molecule has 0 saturated heterocycles. The molecule has 1 aromatic carbocycles. The first-order valence-electron chi connectivity index (χ1n) is 5.06. The van der Waals surface area contributed by atoms with Crippen LogP contribution in [0.1, 0.15) is 11.6 Å². The van der Waals surface area contributed by atoms with Gasteiger partial charge in [-0.2, -0.15) is 0 Å². The van der Waals surface area contributed by atoms with Gasteiger partial charge in [0.15, 0.2) is 0 Å². The van der Waals surface area contributed by atoms with Crippen LogP contribution in [0.25, 0.3) is 0 Å². The summed E-state index contributed by atoms with van der Waals surface area (Å²) in [7, 11) is 2.02. The lowest BCUT2D eigenvalue weighted by Gasteiger charge is -2.28. The van der Waals surface area contributed by atoms with Gasteiger partial charge in [0.25, 0.3) is 0 Å². The largest absolute Gasteiger partial charge is 0.490 e. The maximum Gasteiger partial charge on any atom is 0.142 e. The van der Waals surface area contributed by atoms with Crippen molar-refractivity contribution in [2.75, 3.05) is 31.7 Å². The first kappa shape index (κ1) is 10.3. The van der Waals surface area contributed by atoms with E-state index in [1.165, 1.54) is 0 Å². The van der Waals surface area contributed by atoms with Gasteiger partial charge in [0.05, 0.1) is 24.9 Å². The standard InChI is InChI=1S/C11H16N2O2/c1-13-4-5-15-11-3-2-8(6-10(11)13)9(12)7-14/h2-3,6,9,14H,4-5,7,12H2,1H3/t9-/m1/s1. The van der Waals surface area contributed by atoms with Gasteiger partial charge in [-0.1, -0.05) is 6.07 Å². The molecule has 0 saturated carbocycles. The summed E-state index contributed by atoms with van der Waals surface area (Å²) in [6, 6.07) is 5.48. The second kappa shape index (κ2) is 4.08. The average molecular weight is 208 g/mol. The molecule has 0 spiro atoms. The normalized spacial score (nSPS) is 16.9. The van der Waals surface area contributed by atoms with Gasteiger partial charge < -0.3 is 20.5 Å². The minimum atomic E-state index is -0.314. The highest BCUT2D eigenvalue weighted by Crippen LogP contribution is 2.32. The summed E-state index contributed by atoms with van der Waals surface area (Å²) < 4.78 is 5.52. The summed E-state index contributed by atoms with van der Waals surface area (Å²) in [5, 5.41) is 8.99. The maximum absolute atomic E-state index is 8.99. The predicted molar refractivity (Wildman–Crippen MR) is 59.2 cm³/mol. The Balaban J connectivity index is 2.35. The number of aliphatic hydroxyl groups is 1. The van der Waals surface area contributed by atoms with E-state index in [1.807, 2.05) is 25.2 Å². The molecule has 0 unspecified atom stereocenters. The Bertz CT molecular complexity index is 354. The molecular formula is C11H16N2O2. The minimum absolute atomic E-state index is 0.0383. The molecule has 4 heteroatoms. The number of nitrogens with two attached hydrogens (primary N) is 1. The van der Waals surface area contributed by atoms with Crippen molar-refractivity contribution in [2.45, 2.75) is 6.04 Å². The Kier molecular flexibility index (Phi) is 2.79. The molecule has 0 amide bonds. The lowest BCUT2D eigenvalue weighted by molar-refractivity contribution is 0.267. The number of hydrogen-bond donors (Lipinski definition) is 2. The van der Waals surface area contributed by atoms with Crippen molar-refractivity contribution in [1.29, 1.82) is 0 Å². The van der Waals surface area contributed by atoms with E-state index in [0.29, 0.717) is 0 Å². The summed E-state index contributed by atoms with van der Waals surface area (Å²) in [6.07, 6.45) is 0. The van der Waals surface area contributed by atoms with Crippen LogP contribution in [0.3, 0.4) is 0 Å². The number of likely N-dealkylation sites (N-methyl/N-ethyl adjacent to an activating group) is 1. The molecule has 0 bridgehead atoms. The van der Waals surface area contributed by atoms with Gasteiger partial charge in [0.1, 0.15) is 12.4 Å². The van der Waals surface area contributed by atoms with Crippen molar-refractivity contribution in [2.24, 2.45) is 5.73 Å². The van der Waals surface area contributed by atoms with Crippen LogP contribution in [-0.4, -0.2) is 31.9 Å². The Morgan fingerprint density at radius 2 is 2.40 bits per heavy atom. The van der Waals surface area contributed by atoms with E-state index >= 15 is 0 Å². The highest BCUT2D eigenvalue weighted by atomic mass is 16.5. The molecule has 1 aliphatic heterocycles. The fourth-order valence-corrected chi connectivity index (χ4v) is 1.70. The van der Waals surface area contributed by atoms with Gasteiger partial charge in [-0.3, -0.25) is 0 Å². The molecule has 1 atom stereocenters. The van der Waals surface area contributed by atoms with Crippen LogP contribution in [-0.2, 0) is 0 Å². The Labute approximate surface area is 89.3 Å². The van der Waals surface area contributed by atoms with Crippen LogP contribution in [0.2, 0.25) is 0 Å². The first-order valence-corrected chi connectivity index (χ1v) is 5.06. The molecule has 0 radical (unpaired) electrons. The Morgan fingerprint density at radius 1 is 1.60 bits per heavy atom. The molecule has 4 nitrogen and oxygen atoms in total. The summed E-state index contributed by atoms with van der Waals surface area (Å²) in [5.41, 5.74) is 7.75. The van der Waals surface area contributed by atoms with E-state index in [0.717, 1.165) is 30.2 Å². The summed E-state index contributed by atoms with van der Waals surface area (Å²) in [6.45, 7) is 1.56. The van der Waals surface area contributed by atoms with Crippen molar-refractivity contribution in [3.8, 4) is 5.75 Å². The molecule has 82 valence electrons. The molecule has 1 aromatic rings. The van der Waals surface area contributed by atoms with E-state index < -0.39 is 0 Å². The number of anilines is 1. The summed E-state index contributed by atoms with van der Waals surface area (Å²) in [4.78, 5) is 2.13. The van der Waals surface area contributed by atoms with Crippen molar-refractivity contribution < 1.29 is 9.84 Å². The molecule has 0 aromatic heterocycles. The molecule has 3 N–H and O–H groups in total. The number of hydrogen-bond acceptors (Lipinski definition) is 4. The molecule has 1 heterocycles. The van der Waals surface area contributed by atoms with E-state index in [1.54, 1.807) is 0 Å². The van der Waals surface area contributed by atoms with Crippen molar-refractivity contribution in [3.05, 3.63) is 23.8 Å². The molecule has 1 aliphatic rings. The number of benzene rings is 1. The van der Waals surface area contributed by atoms with Crippen LogP contribution in [0.5, 0.6) is 5.75 Å². The minimum Gasteiger partial charge on any atom is -0.490 e. The van der Waals surface area contributed by atoms with Crippen LogP contribution < -0.4 is 15.4 Å². The average Bonchev–Trinajstić information content (AvgIpc) is 2.28. The maximum atomic E-state index is 8.99. The lowest BCUT2D eigenvalue weighted by atomic mass is 10.1. The highest BCUT2D eigenvalue weighted by molar-refractivity contribution is 5.61. The molecule has 0 aliphatic carbocycles. The zero-order chi connectivity index (χ0) is 10.8. The van der Waals surface area contributed by atoms with Crippen molar-refractivity contribution >= 4 is 5.69 Å². The van der Waals surface area contributed by atoms with E-state index in [-0.39, 0.29) is 12.6 Å². The lowest BCUT2D eigenvalue weighted by Crippen LogP contribution is -2.29. The zero-order valence-electron chi connectivity index (χ0n) is 8.81. The second-order valence-electron chi connectivity index (χ2n) is 3.79. The molecule has 15 heavy (non-hydrogen) atoms. The predicted octanol–water partition coefficient (Wildman–Crippen LogP) is 0.507. The highest BCUT2D eigenvalue weighted by Gasteiger charge is 2.16. The number of aliphatic hydroxyl groups excluding tert-OH is 1. The SMILES string of the molecule is CN1CCOc2ccc([C@H](N)CO)cc21. The van der Waals surface area contributed by atoms with Gasteiger partial charge in [0, 0.05) is 7.05 Å². The van der Waals surface area contributed by atoms with Crippen LogP contribution in [0.15, 0.2) is 18.2 Å². The van der Waals surface area contributed by atoms with Gasteiger partial charge in [-0.15, -0.1) is 0 Å². The first-order chi connectivity index (χ1) is 7.22. The Hall–Kier alpha value is -1.26. The van der Waals surface area contributed by atoms with Gasteiger partial charge in [0.2, 0.25) is 0 Å². The van der Waals surface area contributed by atoms with Crippen LogP contribution in [0, 0.1) is 0 Å². The third-order valence-corrected chi connectivity index (χ3v) is 2.70. The number of nitrogens with zero attached hydrogens (tertiary/aromatic N) is 1. The van der Waals surface area contributed by atoms with E-state index in [2.05, 4.69) is 4.90 Å². The summed E-state index contributed by atoms with van der Waals surface area (Å²) in [5.74, 6) is 0.887. The van der Waals surface area contributed by atoms with Crippen LogP contribution >= 0.6 is 0 Å². The second-order valence-corrected chi connectivity index (χ2v) is 3.79. The number of ether oxygens (including phenoxy) is 1. The number of fused-ring (bicyclic) bond motifs is 1. The Morgan fingerprint density at radius 3 is 3.13 bits per heavy atom. The zero-order valence-corrected chi connectivity index (χ0v) is 8.81. The van der Waals surface area contributed by atoms with Crippen LogP contribution in [0.4, 0.5) is 5.69 Å². The fourth-order valence-electron chi connectivity index (χ4n) is 1.70. The quantitative estimate of drug-likeness (QED) is 0.743. The van der Waals surface area contributed by atoms with Gasteiger partial charge >= 0.3 is 0 Å².